The lowest BCUT2D eigenvalue weighted by molar-refractivity contribution is 0.360. The fourth-order valence-electron chi connectivity index (χ4n) is 8.54. The molecule has 6 heteroatoms. The largest absolute Gasteiger partial charge is 0.449 e. The average Bonchev–Trinajstić information content (AvgIpc) is 3.58. The number of ether oxygens (including phenoxy) is 2. The van der Waals surface area contributed by atoms with Crippen LogP contribution < -0.4 is 9.47 Å². The van der Waals surface area contributed by atoms with Crippen molar-refractivity contribution < 1.29 is 9.47 Å². The van der Waals surface area contributed by atoms with E-state index in [-0.39, 0.29) is 0 Å². The first-order chi connectivity index (χ1) is 28.6. The third-order valence-electron chi connectivity index (χ3n) is 11.1. The van der Waals surface area contributed by atoms with E-state index in [0.29, 0.717) is 45.5 Å². The minimum absolute atomic E-state index is 0.536. The van der Waals surface area contributed by atoms with Crippen LogP contribution in [0.25, 0.3) is 56.4 Å². The number of benzene rings is 8. The van der Waals surface area contributed by atoms with Gasteiger partial charge >= 0.3 is 0 Å². The molecule has 2 heterocycles. The standard InChI is InChI=1S/C52H32ClN3O2/c53-39-21-12-16-36(30-39)51-55-49(34-14-4-1-5-15-34)54-50(56-51)35-28-26-33(27-29-35)40-23-13-25-45-48(40)58-46-31-42-41-22-10-11-24-43(41)52(37-17-6-2-7-18-37,38-19-8-3-9-20-38)44(42)32-47(46)57-45/h1-32H. The molecule has 11 rings (SSSR count). The Morgan fingerprint density at radius 1 is 0.362 bits per heavy atom. The van der Waals surface area contributed by atoms with E-state index in [2.05, 4.69) is 115 Å². The lowest BCUT2D eigenvalue weighted by Gasteiger charge is -2.34. The number of halogens is 1. The predicted molar refractivity (Wildman–Crippen MR) is 230 cm³/mol. The van der Waals surface area contributed by atoms with Crippen LogP contribution in [-0.2, 0) is 5.41 Å². The zero-order chi connectivity index (χ0) is 38.6. The van der Waals surface area contributed by atoms with Crippen LogP contribution in [0.15, 0.2) is 194 Å². The third kappa shape index (κ3) is 5.51. The van der Waals surface area contributed by atoms with Crippen molar-refractivity contribution in [3.63, 3.8) is 0 Å². The Balaban J connectivity index is 0.985. The van der Waals surface area contributed by atoms with E-state index in [1.807, 2.05) is 78.9 Å². The summed E-state index contributed by atoms with van der Waals surface area (Å²) in [5, 5.41) is 0.617. The van der Waals surface area contributed by atoms with E-state index >= 15 is 0 Å². The molecule has 2 aliphatic rings. The molecular formula is C52H32ClN3O2. The maximum atomic E-state index is 6.87. The van der Waals surface area contributed by atoms with Gasteiger partial charge in [-0.25, -0.2) is 15.0 Å². The first-order valence-corrected chi connectivity index (χ1v) is 19.6. The van der Waals surface area contributed by atoms with E-state index in [0.717, 1.165) is 38.9 Å². The summed E-state index contributed by atoms with van der Waals surface area (Å²) in [5.74, 6) is 4.39. The smallest absolute Gasteiger partial charge is 0.177 e. The highest BCUT2D eigenvalue weighted by atomic mass is 35.5. The zero-order valence-electron chi connectivity index (χ0n) is 31.0. The SMILES string of the molecule is Clc1cccc(-c2nc(-c3ccccc3)nc(-c3ccc(-c4cccc5c4Oc4cc6c(cc4O5)C(c4ccccc4)(c4ccccc4)c4ccccc4-6)cc3)n2)c1. The highest BCUT2D eigenvalue weighted by Crippen LogP contribution is 2.60. The molecular weight excluding hydrogens is 734 g/mol. The van der Waals surface area contributed by atoms with Gasteiger partial charge in [0.2, 0.25) is 0 Å². The molecule has 0 bridgehead atoms. The van der Waals surface area contributed by atoms with Crippen LogP contribution in [0.1, 0.15) is 22.3 Å². The van der Waals surface area contributed by atoms with Gasteiger partial charge in [-0.15, -0.1) is 0 Å². The van der Waals surface area contributed by atoms with Crippen molar-refractivity contribution in [2.45, 2.75) is 5.41 Å². The normalized spacial score (nSPS) is 13.0. The lowest BCUT2D eigenvalue weighted by Crippen LogP contribution is -2.28. The Morgan fingerprint density at radius 3 is 1.59 bits per heavy atom. The molecule has 1 aliphatic heterocycles. The van der Waals surface area contributed by atoms with E-state index in [1.165, 1.54) is 22.3 Å². The first kappa shape index (κ1) is 34.0. The third-order valence-corrected chi connectivity index (χ3v) is 11.4. The van der Waals surface area contributed by atoms with Crippen molar-refractivity contribution in [2.24, 2.45) is 0 Å². The van der Waals surface area contributed by atoms with Gasteiger partial charge in [-0.2, -0.15) is 0 Å². The van der Waals surface area contributed by atoms with Crippen LogP contribution in [-0.4, -0.2) is 15.0 Å². The van der Waals surface area contributed by atoms with Gasteiger partial charge in [0, 0.05) is 27.3 Å². The highest BCUT2D eigenvalue weighted by Gasteiger charge is 2.47. The predicted octanol–water partition coefficient (Wildman–Crippen LogP) is 13.5. The second-order valence-corrected chi connectivity index (χ2v) is 14.9. The highest BCUT2D eigenvalue weighted by molar-refractivity contribution is 6.30. The molecule has 0 unspecified atom stereocenters. The number of para-hydroxylation sites is 1. The molecule has 0 spiro atoms. The molecule has 9 aromatic rings. The Bertz CT molecular complexity index is 2970. The molecule has 1 aliphatic carbocycles. The molecule has 0 amide bonds. The molecule has 1 aromatic heterocycles. The molecule has 5 nitrogen and oxygen atoms in total. The van der Waals surface area contributed by atoms with Gasteiger partial charge in [0.25, 0.3) is 0 Å². The maximum absolute atomic E-state index is 6.87. The van der Waals surface area contributed by atoms with E-state index in [4.69, 9.17) is 36.0 Å². The van der Waals surface area contributed by atoms with Crippen molar-refractivity contribution in [3.8, 4) is 79.4 Å². The monoisotopic (exact) mass is 765 g/mol. The van der Waals surface area contributed by atoms with Crippen molar-refractivity contribution in [3.05, 3.63) is 221 Å². The topological polar surface area (TPSA) is 57.1 Å². The molecule has 0 N–H and O–H groups in total. The van der Waals surface area contributed by atoms with Crippen LogP contribution in [0, 0.1) is 0 Å². The van der Waals surface area contributed by atoms with Gasteiger partial charge in [0.15, 0.2) is 40.5 Å². The van der Waals surface area contributed by atoms with Crippen molar-refractivity contribution in [2.75, 3.05) is 0 Å². The Labute approximate surface area is 340 Å². The molecule has 0 saturated carbocycles. The quantitative estimate of drug-likeness (QED) is 0.169. The minimum Gasteiger partial charge on any atom is -0.449 e. The fourth-order valence-corrected chi connectivity index (χ4v) is 8.73. The summed E-state index contributed by atoms with van der Waals surface area (Å²) in [4.78, 5) is 14.7. The Kier molecular flexibility index (Phi) is 8.02. The van der Waals surface area contributed by atoms with Crippen LogP contribution in [0.3, 0.4) is 0 Å². The van der Waals surface area contributed by atoms with Crippen LogP contribution in [0.2, 0.25) is 5.02 Å². The van der Waals surface area contributed by atoms with Gasteiger partial charge in [-0.05, 0) is 69.3 Å². The Morgan fingerprint density at radius 2 is 0.897 bits per heavy atom. The summed E-state index contributed by atoms with van der Waals surface area (Å²) < 4.78 is 13.6. The lowest BCUT2D eigenvalue weighted by atomic mass is 9.67. The van der Waals surface area contributed by atoms with Gasteiger partial charge in [-0.1, -0.05) is 175 Å². The van der Waals surface area contributed by atoms with E-state index < -0.39 is 5.41 Å². The number of hydrogen-bond donors (Lipinski definition) is 0. The molecule has 8 aromatic carbocycles. The second-order valence-electron chi connectivity index (χ2n) is 14.5. The summed E-state index contributed by atoms with van der Waals surface area (Å²) in [6.07, 6.45) is 0. The van der Waals surface area contributed by atoms with E-state index in [9.17, 15) is 0 Å². The summed E-state index contributed by atoms with van der Waals surface area (Å²) in [5.41, 5.74) is 11.0. The molecule has 274 valence electrons. The number of hydrogen-bond acceptors (Lipinski definition) is 5. The van der Waals surface area contributed by atoms with Crippen molar-refractivity contribution in [1.29, 1.82) is 0 Å². The van der Waals surface area contributed by atoms with Crippen LogP contribution in [0.4, 0.5) is 0 Å². The number of aromatic nitrogens is 3. The number of nitrogens with zero attached hydrogens (tertiary/aromatic N) is 3. The van der Waals surface area contributed by atoms with Crippen molar-refractivity contribution >= 4 is 11.6 Å². The number of rotatable bonds is 6. The summed E-state index contributed by atoms with van der Waals surface area (Å²) in [6.45, 7) is 0. The average molecular weight is 766 g/mol. The molecule has 0 fully saturated rings. The second kappa shape index (κ2) is 13.7. The fraction of sp³-hybridized carbons (Fsp3) is 0.0192. The van der Waals surface area contributed by atoms with Gasteiger partial charge < -0.3 is 9.47 Å². The van der Waals surface area contributed by atoms with Gasteiger partial charge in [0.05, 0.1) is 5.41 Å². The minimum atomic E-state index is -0.536. The molecule has 0 atom stereocenters. The molecule has 58 heavy (non-hydrogen) atoms. The Hall–Kier alpha value is -7.34. The van der Waals surface area contributed by atoms with E-state index in [1.54, 1.807) is 0 Å². The number of fused-ring (bicyclic) bond motifs is 5. The zero-order valence-corrected chi connectivity index (χ0v) is 31.8. The summed E-state index contributed by atoms with van der Waals surface area (Å²) >= 11 is 6.37. The maximum Gasteiger partial charge on any atom is 0.177 e. The van der Waals surface area contributed by atoms with Gasteiger partial charge in [-0.3, -0.25) is 0 Å². The summed E-state index contributed by atoms with van der Waals surface area (Å²) in [6, 6.07) is 66.3. The summed E-state index contributed by atoms with van der Waals surface area (Å²) in [7, 11) is 0. The van der Waals surface area contributed by atoms with Crippen LogP contribution in [0.5, 0.6) is 23.0 Å². The first-order valence-electron chi connectivity index (χ1n) is 19.2. The van der Waals surface area contributed by atoms with Crippen molar-refractivity contribution in [1.82, 2.24) is 15.0 Å². The van der Waals surface area contributed by atoms with Crippen LogP contribution >= 0.6 is 11.6 Å². The molecule has 0 saturated heterocycles. The van der Waals surface area contributed by atoms with Gasteiger partial charge in [0.1, 0.15) is 0 Å². The molecule has 0 radical (unpaired) electrons.